The van der Waals surface area contributed by atoms with Crippen LogP contribution in [0.2, 0.25) is 13.3 Å². The van der Waals surface area contributed by atoms with Crippen molar-refractivity contribution in [1.29, 1.82) is 0 Å². The van der Waals surface area contributed by atoms with E-state index < -0.39 is 18.7 Å². The van der Waals surface area contributed by atoms with E-state index in [1.807, 2.05) is 0 Å². The third kappa shape index (κ3) is 5.77. The summed E-state index contributed by atoms with van der Waals surface area (Å²) in [6.07, 6.45) is 8.11. The second-order valence-corrected chi connectivity index (χ2v) is 20.1. The van der Waals surface area contributed by atoms with Crippen LogP contribution < -0.4 is 3.12 Å². The maximum absolute atomic E-state index is 2.88. The number of anilines is 2. The molecule has 0 bridgehead atoms. The van der Waals surface area contributed by atoms with Crippen molar-refractivity contribution in [2.24, 2.45) is 0 Å². The van der Waals surface area contributed by atoms with Crippen LogP contribution in [-0.4, -0.2) is 18.7 Å². The van der Waals surface area contributed by atoms with Gasteiger partial charge in [-0.3, -0.25) is 0 Å². The van der Waals surface area contributed by atoms with E-state index in [0.29, 0.717) is 0 Å². The first kappa shape index (κ1) is 21.3. The molecule has 142 valence electrons. The monoisotopic (exact) mass is 459 g/mol. The van der Waals surface area contributed by atoms with Crippen LogP contribution in [0.1, 0.15) is 59.3 Å². The number of hydrogen-bond acceptors (Lipinski definition) is 1. The fourth-order valence-electron chi connectivity index (χ4n) is 4.08. The number of unbranched alkanes of at least 4 members (excludes halogenated alkanes) is 3. The van der Waals surface area contributed by atoms with Crippen molar-refractivity contribution in [2.75, 3.05) is 3.12 Å². The Morgan fingerprint density at radius 1 is 0.577 bits per heavy atom. The fourth-order valence-corrected chi connectivity index (χ4v) is 20.8. The van der Waals surface area contributed by atoms with Crippen LogP contribution in [0.3, 0.4) is 0 Å². The molecule has 1 nitrogen and oxygen atoms in total. The van der Waals surface area contributed by atoms with E-state index in [4.69, 9.17) is 0 Å². The molecule has 0 unspecified atom stereocenters. The molecule has 0 N–H and O–H groups in total. The summed E-state index contributed by atoms with van der Waals surface area (Å²) in [5, 5.41) is 0. The number of nitrogens with zero attached hydrogens (tertiary/aromatic N) is 1. The molecule has 0 saturated heterocycles. The van der Waals surface area contributed by atoms with Gasteiger partial charge in [-0.2, -0.15) is 0 Å². The van der Waals surface area contributed by atoms with Gasteiger partial charge in [0, 0.05) is 0 Å². The maximum atomic E-state index is 2.88. The van der Waals surface area contributed by atoms with E-state index in [0.717, 1.165) is 0 Å². The van der Waals surface area contributed by atoms with Crippen LogP contribution in [0.4, 0.5) is 11.4 Å². The first-order chi connectivity index (χ1) is 12.8. The summed E-state index contributed by atoms with van der Waals surface area (Å²) < 4.78 is 7.33. The van der Waals surface area contributed by atoms with Crippen molar-refractivity contribution in [2.45, 2.75) is 72.6 Å². The molecule has 0 aromatic heterocycles. The van der Waals surface area contributed by atoms with Crippen molar-refractivity contribution in [3.05, 3.63) is 60.7 Å². The van der Waals surface area contributed by atoms with Crippen molar-refractivity contribution in [3.8, 4) is 0 Å². The Bertz CT molecular complexity index is 535. The Balaban J connectivity index is 2.54. The number of para-hydroxylation sites is 2. The van der Waals surface area contributed by atoms with Crippen molar-refractivity contribution in [3.63, 3.8) is 0 Å². The summed E-state index contributed by atoms with van der Waals surface area (Å²) in [6.45, 7) is 7.06. The molecular formula is C24H37NSn. The van der Waals surface area contributed by atoms with Crippen molar-refractivity contribution < 1.29 is 0 Å². The molecular weight excluding hydrogens is 421 g/mol. The van der Waals surface area contributed by atoms with E-state index in [1.54, 1.807) is 0 Å². The summed E-state index contributed by atoms with van der Waals surface area (Å²) in [6, 6.07) is 22.5. The Hall–Kier alpha value is -0.961. The van der Waals surface area contributed by atoms with Crippen LogP contribution >= 0.6 is 0 Å². The summed E-state index contributed by atoms with van der Waals surface area (Å²) in [4.78, 5) is 0. The molecule has 2 heteroatoms. The molecule has 0 radical (unpaired) electrons. The average Bonchev–Trinajstić information content (AvgIpc) is 2.70. The summed E-state index contributed by atoms with van der Waals surface area (Å²) in [5.74, 6) is 0. The number of hydrogen-bond donors (Lipinski definition) is 0. The molecule has 0 aliphatic carbocycles. The standard InChI is InChI=1S/C12H10N.3C4H9.Sn/c1-3-7-11(8-4-1)13-12-9-5-2-6-10-12;3*1-3-4-2;/h1-10H;3*1,3-4H2,2H3;/q-1;;;;+1. The minimum absolute atomic E-state index is 1.31. The number of rotatable bonds is 12. The zero-order chi connectivity index (χ0) is 18.7. The van der Waals surface area contributed by atoms with Crippen molar-refractivity contribution >= 4 is 30.0 Å². The molecule has 2 rings (SSSR count). The average molecular weight is 458 g/mol. The molecule has 26 heavy (non-hydrogen) atoms. The topological polar surface area (TPSA) is 3.24 Å². The predicted octanol–water partition coefficient (Wildman–Crippen LogP) is 8.17. The Morgan fingerprint density at radius 3 is 1.23 bits per heavy atom. The summed E-state index contributed by atoms with van der Waals surface area (Å²) in [7, 11) is 0. The van der Waals surface area contributed by atoms with Gasteiger partial charge in [0.25, 0.3) is 0 Å². The Kier molecular flexibility index (Phi) is 9.59. The number of benzene rings is 2. The molecule has 0 fully saturated rings. The minimum atomic E-state index is -2.58. The fraction of sp³-hybridized carbons (Fsp3) is 0.500. The summed E-state index contributed by atoms with van der Waals surface area (Å²) >= 11 is -2.58. The SMILES string of the molecule is CCC[CH2][Sn]([CH2]CCC)([CH2]CCC)[N](c1ccccc1)c1ccccc1. The van der Waals surface area contributed by atoms with E-state index in [9.17, 15) is 0 Å². The summed E-state index contributed by atoms with van der Waals surface area (Å²) in [5.41, 5.74) is 2.86. The molecule has 0 atom stereocenters. The molecule has 2 aromatic rings. The molecule has 0 aliphatic rings. The van der Waals surface area contributed by atoms with Gasteiger partial charge in [0.15, 0.2) is 0 Å². The first-order valence-corrected chi connectivity index (χ1v) is 18.0. The van der Waals surface area contributed by atoms with Crippen LogP contribution in [0.5, 0.6) is 0 Å². The van der Waals surface area contributed by atoms with Gasteiger partial charge >= 0.3 is 166 Å². The zero-order valence-corrected chi connectivity index (χ0v) is 19.9. The van der Waals surface area contributed by atoms with Gasteiger partial charge < -0.3 is 0 Å². The van der Waals surface area contributed by atoms with Gasteiger partial charge in [-0.05, 0) is 0 Å². The van der Waals surface area contributed by atoms with Crippen LogP contribution in [0, 0.1) is 0 Å². The molecule has 2 aromatic carbocycles. The Morgan fingerprint density at radius 2 is 0.923 bits per heavy atom. The van der Waals surface area contributed by atoms with Crippen LogP contribution in [0.15, 0.2) is 60.7 Å². The molecule has 0 saturated carbocycles. The van der Waals surface area contributed by atoms with Gasteiger partial charge in [0.05, 0.1) is 0 Å². The molecule has 0 spiro atoms. The molecule has 0 heterocycles. The quantitative estimate of drug-likeness (QED) is 0.290. The molecule has 0 aliphatic heterocycles. The van der Waals surface area contributed by atoms with E-state index in [1.165, 1.54) is 63.2 Å². The normalized spacial score (nSPS) is 11.5. The molecule has 0 amide bonds. The third-order valence-electron chi connectivity index (χ3n) is 5.49. The van der Waals surface area contributed by atoms with Gasteiger partial charge in [-0.15, -0.1) is 0 Å². The predicted molar refractivity (Wildman–Crippen MR) is 120 cm³/mol. The second kappa shape index (κ2) is 11.7. The van der Waals surface area contributed by atoms with Crippen molar-refractivity contribution in [1.82, 2.24) is 0 Å². The van der Waals surface area contributed by atoms with Gasteiger partial charge in [0.2, 0.25) is 0 Å². The zero-order valence-electron chi connectivity index (χ0n) is 17.1. The van der Waals surface area contributed by atoms with Gasteiger partial charge in [0.1, 0.15) is 0 Å². The first-order valence-electron chi connectivity index (χ1n) is 10.7. The van der Waals surface area contributed by atoms with Gasteiger partial charge in [-0.25, -0.2) is 0 Å². The third-order valence-corrected chi connectivity index (χ3v) is 20.7. The second-order valence-electron chi connectivity index (χ2n) is 7.54. The van der Waals surface area contributed by atoms with E-state index >= 15 is 0 Å². The van der Waals surface area contributed by atoms with Crippen LogP contribution in [-0.2, 0) is 0 Å². The van der Waals surface area contributed by atoms with Gasteiger partial charge in [-0.1, -0.05) is 0 Å². The van der Waals surface area contributed by atoms with Crippen LogP contribution in [0.25, 0.3) is 0 Å². The van der Waals surface area contributed by atoms with E-state index in [2.05, 4.69) is 84.6 Å². The van der Waals surface area contributed by atoms with E-state index in [-0.39, 0.29) is 0 Å². The Labute approximate surface area is 166 Å².